The van der Waals surface area contributed by atoms with Gasteiger partial charge in [0.05, 0.1) is 18.4 Å². The zero-order valence-corrected chi connectivity index (χ0v) is 14.7. The van der Waals surface area contributed by atoms with Gasteiger partial charge in [0.2, 0.25) is 5.88 Å². The molecule has 0 spiro atoms. The Bertz CT molecular complexity index is 625. The molecule has 2 bridgehead atoms. The predicted molar refractivity (Wildman–Crippen MR) is 85.9 cm³/mol. The molecule has 0 aliphatic carbocycles. The molecule has 24 heavy (non-hydrogen) atoms. The van der Waals surface area contributed by atoms with Crippen LogP contribution in [-0.4, -0.2) is 50.9 Å². The summed E-state index contributed by atoms with van der Waals surface area (Å²) in [5.41, 5.74) is -0.605. The average Bonchev–Trinajstić information content (AvgIpc) is 2.81. The molecular formula is C16H21ClFN3O3. The molecule has 2 aliphatic heterocycles. The third-order valence-electron chi connectivity index (χ3n) is 4.23. The SMILES string of the molecule is CC(C)(C)OC(=O)N1C2CCC1[C@H](F)[C@H](Oc1cncc(Cl)n1)C2. The number of amides is 1. The van der Waals surface area contributed by atoms with Gasteiger partial charge in [-0.05, 0) is 33.6 Å². The number of ether oxygens (including phenoxy) is 2. The van der Waals surface area contributed by atoms with Crippen LogP contribution < -0.4 is 4.74 Å². The standard InChI is InChI=1S/C16H21ClFN3O3/c1-16(2,3)24-15(22)21-9-4-5-10(21)14(18)11(6-9)23-13-8-19-7-12(17)20-13/h7-11,14H,4-6H2,1-3H3/t9?,10?,11-,14+/m1/s1. The number of rotatable bonds is 2. The van der Waals surface area contributed by atoms with Crippen molar-refractivity contribution in [3.63, 3.8) is 0 Å². The first-order chi connectivity index (χ1) is 11.2. The van der Waals surface area contributed by atoms with Gasteiger partial charge >= 0.3 is 6.09 Å². The predicted octanol–water partition coefficient (Wildman–Crippen LogP) is 3.39. The van der Waals surface area contributed by atoms with Gasteiger partial charge in [0.1, 0.15) is 11.7 Å². The Balaban J connectivity index is 1.71. The maximum atomic E-state index is 14.9. The number of aromatic nitrogens is 2. The Morgan fingerprint density at radius 2 is 2.12 bits per heavy atom. The van der Waals surface area contributed by atoms with Crippen molar-refractivity contribution in [3.05, 3.63) is 17.5 Å². The van der Waals surface area contributed by atoms with E-state index in [1.807, 2.05) is 0 Å². The number of carbonyl (C=O) groups excluding carboxylic acids is 1. The van der Waals surface area contributed by atoms with Gasteiger partial charge in [-0.25, -0.2) is 9.18 Å². The maximum Gasteiger partial charge on any atom is 0.410 e. The Labute approximate surface area is 145 Å². The van der Waals surface area contributed by atoms with Gasteiger partial charge in [-0.15, -0.1) is 0 Å². The number of hydrogen-bond acceptors (Lipinski definition) is 5. The first-order valence-electron chi connectivity index (χ1n) is 8.04. The van der Waals surface area contributed by atoms with E-state index in [0.717, 1.165) is 6.42 Å². The van der Waals surface area contributed by atoms with Crippen molar-refractivity contribution < 1.29 is 18.7 Å². The summed E-state index contributed by atoms with van der Waals surface area (Å²) in [7, 11) is 0. The quantitative estimate of drug-likeness (QED) is 0.811. The van der Waals surface area contributed by atoms with Crippen molar-refractivity contribution in [3.8, 4) is 5.88 Å². The zero-order valence-electron chi connectivity index (χ0n) is 13.9. The number of nitrogens with zero attached hydrogens (tertiary/aromatic N) is 3. The van der Waals surface area contributed by atoms with E-state index in [1.54, 1.807) is 25.7 Å². The van der Waals surface area contributed by atoms with Gasteiger partial charge in [-0.3, -0.25) is 9.88 Å². The average molecular weight is 358 g/mol. The van der Waals surface area contributed by atoms with Crippen LogP contribution in [0.25, 0.3) is 0 Å². The van der Waals surface area contributed by atoms with Crippen molar-refractivity contribution in [2.45, 2.75) is 70.0 Å². The highest BCUT2D eigenvalue weighted by Crippen LogP contribution is 2.39. The minimum absolute atomic E-state index is 0.0889. The molecule has 0 saturated carbocycles. The van der Waals surface area contributed by atoms with E-state index in [9.17, 15) is 9.18 Å². The van der Waals surface area contributed by atoms with Crippen molar-refractivity contribution in [2.24, 2.45) is 0 Å². The minimum atomic E-state index is -1.31. The number of piperidine rings is 1. The molecule has 2 saturated heterocycles. The summed E-state index contributed by atoms with van der Waals surface area (Å²) >= 11 is 5.78. The zero-order chi connectivity index (χ0) is 17.5. The van der Waals surface area contributed by atoms with Crippen LogP contribution in [0.2, 0.25) is 5.15 Å². The third kappa shape index (κ3) is 3.55. The topological polar surface area (TPSA) is 64.5 Å². The van der Waals surface area contributed by atoms with Gasteiger partial charge in [-0.1, -0.05) is 11.6 Å². The first-order valence-corrected chi connectivity index (χ1v) is 8.42. The fourth-order valence-corrected chi connectivity index (χ4v) is 3.49. The van der Waals surface area contributed by atoms with E-state index in [-0.39, 0.29) is 17.1 Å². The van der Waals surface area contributed by atoms with Gasteiger partial charge in [-0.2, -0.15) is 4.98 Å². The van der Waals surface area contributed by atoms with E-state index in [4.69, 9.17) is 21.1 Å². The highest BCUT2D eigenvalue weighted by molar-refractivity contribution is 6.29. The molecule has 2 fully saturated rings. The van der Waals surface area contributed by atoms with Crippen LogP contribution in [0.1, 0.15) is 40.0 Å². The Morgan fingerprint density at radius 3 is 2.79 bits per heavy atom. The second-order valence-corrected chi connectivity index (χ2v) is 7.59. The number of alkyl halides is 1. The number of carbonyl (C=O) groups is 1. The number of fused-ring (bicyclic) bond motifs is 2. The monoisotopic (exact) mass is 357 g/mol. The summed E-state index contributed by atoms with van der Waals surface area (Å²) in [6.45, 7) is 5.40. The molecule has 3 rings (SSSR count). The summed E-state index contributed by atoms with van der Waals surface area (Å²) in [5.74, 6) is 0.195. The third-order valence-corrected chi connectivity index (χ3v) is 4.42. The van der Waals surface area contributed by atoms with E-state index < -0.39 is 30.0 Å². The molecule has 1 amide bonds. The second kappa shape index (κ2) is 6.35. The minimum Gasteiger partial charge on any atom is -0.470 e. The van der Waals surface area contributed by atoms with E-state index in [1.165, 1.54) is 12.4 Å². The van der Waals surface area contributed by atoms with Crippen LogP contribution >= 0.6 is 11.6 Å². The summed E-state index contributed by atoms with van der Waals surface area (Å²) < 4.78 is 26.0. The lowest BCUT2D eigenvalue weighted by Gasteiger charge is -2.41. The Hall–Kier alpha value is -1.63. The molecule has 8 heteroatoms. The van der Waals surface area contributed by atoms with E-state index in [2.05, 4.69) is 9.97 Å². The van der Waals surface area contributed by atoms with E-state index in [0.29, 0.717) is 12.8 Å². The molecule has 0 N–H and O–H groups in total. The van der Waals surface area contributed by atoms with Crippen molar-refractivity contribution in [1.82, 2.24) is 14.9 Å². The summed E-state index contributed by atoms with van der Waals surface area (Å²) in [5, 5.41) is 0.192. The number of hydrogen-bond donors (Lipinski definition) is 0. The molecular weight excluding hydrogens is 337 g/mol. The lowest BCUT2D eigenvalue weighted by atomic mass is 9.98. The van der Waals surface area contributed by atoms with Gasteiger partial charge in [0, 0.05) is 12.5 Å². The van der Waals surface area contributed by atoms with Crippen LogP contribution in [0.4, 0.5) is 9.18 Å². The maximum absolute atomic E-state index is 14.9. The molecule has 6 nitrogen and oxygen atoms in total. The molecule has 1 aromatic rings. The molecule has 0 radical (unpaired) electrons. The molecule has 132 valence electrons. The number of halogens is 2. The van der Waals surface area contributed by atoms with Gasteiger partial charge in [0.25, 0.3) is 0 Å². The van der Waals surface area contributed by atoms with Gasteiger partial charge < -0.3 is 9.47 Å². The molecule has 2 unspecified atom stereocenters. The van der Waals surface area contributed by atoms with Gasteiger partial charge in [0.15, 0.2) is 11.3 Å². The molecule has 1 aromatic heterocycles. The van der Waals surface area contributed by atoms with Crippen molar-refractivity contribution in [1.29, 1.82) is 0 Å². The van der Waals surface area contributed by atoms with Crippen molar-refractivity contribution in [2.75, 3.05) is 0 Å². The lowest BCUT2D eigenvalue weighted by Crippen LogP contribution is -2.57. The summed E-state index contributed by atoms with van der Waals surface area (Å²) in [4.78, 5) is 21.8. The molecule has 4 atom stereocenters. The largest absolute Gasteiger partial charge is 0.470 e. The highest BCUT2D eigenvalue weighted by atomic mass is 35.5. The molecule has 3 heterocycles. The summed E-state index contributed by atoms with van der Waals surface area (Å²) in [6, 6.07) is -0.621. The van der Waals surface area contributed by atoms with Crippen LogP contribution in [-0.2, 0) is 4.74 Å². The highest BCUT2D eigenvalue weighted by Gasteiger charge is 2.52. The first kappa shape index (κ1) is 17.2. The Morgan fingerprint density at radius 1 is 1.38 bits per heavy atom. The van der Waals surface area contributed by atoms with Crippen molar-refractivity contribution >= 4 is 17.7 Å². The van der Waals surface area contributed by atoms with Crippen LogP contribution in [0.15, 0.2) is 12.4 Å². The fraction of sp³-hybridized carbons (Fsp3) is 0.688. The Kier molecular flexibility index (Phi) is 4.55. The fourth-order valence-electron chi connectivity index (χ4n) is 3.35. The lowest BCUT2D eigenvalue weighted by molar-refractivity contribution is -0.0411. The smallest absolute Gasteiger partial charge is 0.410 e. The normalized spacial score (nSPS) is 29.5. The van der Waals surface area contributed by atoms with Crippen LogP contribution in [0, 0.1) is 0 Å². The molecule has 2 aliphatic rings. The van der Waals surface area contributed by atoms with Crippen LogP contribution in [0.5, 0.6) is 5.88 Å². The van der Waals surface area contributed by atoms with Crippen LogP contribution in [0.3, 0.4) is 0 Å². The second-order valence-electron chi connectivity index (χ2n) is 7.20. The summed E-state index contributed by atoms with van der Waals surface area (Å²) in [6.07, 6.45) is 2.09. The van der Waals surface area contributed by atoms with E-state index >= 15 is 0 Å². The molecule has 0 aromatic carbocycles.